The number of hydrogen-bond donors (Lipinski definition) is 1. The van der Waals surface area contributed by atoms with E-state index in [0.717, 1.165) is 16.9 Å². The van der Waals surface area contributed by atoms with Crippen LogP contribution in [0.5, 0.6) is 5.75 Å². The molecule has 10 heteroatoms. The molecule has 0 atom stereocenters. The molecule has 1 aromatic heterocycles. The van der Waals surface area contributed by atoms with Crippen LogP contribution in [-0.2, 0) is 14.6 Å². The van der Waals surface area contributed by atoms with Crippen LogP contribution in [0.2, 0.25) is 5.02 Å². The zero-order chi connectivity index (χ0) is 17.0. The van der Waals surface area contributed by atoms with Gasteiger partial charge in [0, 0.05) is 5.02 Å². The van der Waals surface area contributed by atoms with Crippen molar-refractivity contribution in [1.82, 2.24) is 10.2 Å². The van der Waals surface area contributed by atoms with Gasteiger partial charge in [0.25, 0.3) is 5.91 Å². The molecule has 23 heavy (non-hydrogen) atoms. The van der Waals surface area contributed by atoms with E-state index in [-0.39, 0.29) is 21.8 Å². The van der Waals surface area contributed by atoms with Gasteiger partial charge in [-0.2, -0.15) is 0 Å². The van der Waals surface area contributed by atoms with E-state index in [1.54, 1.807) is 18.2 Å². The number of benzene rings is 1. The Morgan fingerprint density at radius 2 is 2.13 bits per heavy atom. The summed E-state index contributed by atoms with van der Waals surface area (Å²) in [4.78, 5) is 11.8. The number of aromatic nitrogens is 2. The molecular weight excluding hydrogens is 362 g/mol. The molecule has 7 nitrogen and oxygen atoms in total. The normalized spacial score (nSPS) is 11.3. The monoisotopic (exact) mass is 375 g/mol. The second-order valence-corrected chi connectivity index (χ2v) is 8.36. The van der Waals surface area contributed by atoms with E-state index in [1.807, 2.05) is 6.92 Å². The van der Waals surface area contributed by atoms with Gasteiger partial charge in [0.2, 0.25) is 19.3 Å². The lowest BCUT2D eigenvalue weighted by Gasteiger charge is -2.07. The Labute approximate surface area is 142 Å². The van der Waals surface area contributed by atoms with Crippen molar-refractivity contribution in [2.45, 2.75) is 18.2 Å². The van der Waals surface area contributed by atoms with Gasteiger partial charge in [-0.15, -0.1) is 10.2 Å². The van der Waals surface area contributed by atoms with Crippen molar-refractivity contribution in [3.8, 4) is 5.75 Å². The van der Waals surface area contributed by atoms with Crippen LogP contribution in [0.1, 0.15) is 12.5 Å². The zero-order valence-corrected chi connectivity index (χ0v) is 14.8. The van der Waals surface area contributed by atoms with Crippen LogP contribution in [0.15, 0.2) is 22.5 Å². The number of anilines is 1. The smallest absolute Gasteiger partial charge is 0.264 e. The number of hydrogen-bond acceptors (Lipinski definition) is 7. The van der Waals surface area contributed by atoms with Gasteiger partial charge in [0.1, 0.15) is 5.75 Å². The van der Waals surface area contributed by atoms with Gasteiger partial charge >= 0.3 is 0 Å². The minimum Gasteiger partial charge on any atom is -0.484 e. The summed E-state index contributed by atoms with van der Waals surface area (Å²) in [5.41, 5.74) is 0.836. The van der Waals surface area contributed by atoms with E-state index < -0.39 is 15.7 Å². The third-order valence-electron chi connectivity index (χ3n) is 2.80. The highest BCUT2D eigenvalue weighted by atomic mass is 35.5. The summed E-state index contributed by atoms with van der Waals surface area (Å²) in [6, 6.07) is 5.04. The maximum atomic E-state index is 11.8. The summed E-state index contributed by atoms with van der Waals surface area (Å²) in [6.07, 6.45) is 0. The van der Waals surface area contributed by atoms with Gasteiger partial charge < -0.3 is 4.74 Å². The molecule has 0 spiro atoms. The summed E-state index contributed by atoms with van der Waals surface area (Å²) in [5, 5.41) is 10.4. The maximum Gasteiger partial charge on any atom is 0.264 e. The second-order valence-electron chi connectivity index (χ2n) is 4.52. The van der Waals surface area contributed by atoms with E-state index in [2.05, 4.69) is 15.5 Å². The molecule has 1 aromatic carbocycles. The van der Waals surface area contributed by atoms with Crippen LogP contribution in [-0.4, -0.2) is 36.9 Å². The summed E-state index contributed by atoms with van der Waals surface area (Å²) in [7, 11) is -3.43. The van der Waals surface area contributed by atoms with Crippen molar-refractivity contribution < 1.29 is 17.9 Å². The summed E-state index contributed by atoms with van der Waals surface area (Å²) >= 11 is 6.71. The van der Waals surface area contributed by atoms with Gasteiger partial charge in [-0.25, -0.2) is 8.42 Å². The first-order valence-corrected chi connectivity index (χ1v) is 9.41. The molecule has 2 aromatic rings. The SMILES string of the molecule is CCS(=O)(=O)c1nnc(NC(=O)COc2ccc(Cl)c(C)c2)s1. The number of halogens is 1. The van der Waals surface area contributed by atoms with Crippen molar-refractivity contribution in [3.05, 3.63) is 28.8 Å². The number of rotatable bonds is 6. The fourth-order valence-corrected chi connectivity index (χ4v) is 3.64. The first kappa shape index (κ1) is 17.6. The van der Waals surface area contributed by atoms with Crippen molar-refractivity contribution in [2.75, 3.05) is 17.7 Å². The Kier molecular flexibility index (Phi) is 5.55. The average molecular weight is 376 g/mol. The minimum atomic E-state index is -3.43. The molecule has 1 N–H and O–H groups in total. The Morgan fingerprint density at radius 1 is 1.39 bits per heavy atom. The van der Waals surface area contributed by atoms with Crippen LogP contribution in [0, 0.1) is 6.92 Å². The molecule has 124 valence electrons. The first-order chi connectivity index (χ1) is 10.8. The molecule has 0 radical (unpaired) electrons. The number of nitrogens with zero attached hydrogens (tertiary/aromatic N) is 2. The highest BCUT2D eigenvalue weighted by Crippen LogP contribution is 2.22. The predicted octanol–water partition coefficient (Wildman–Crippen LogP) is 2.31. The Morgan fingerprint density at radius 3 is 2.78 bits per heavy atom. The number of carbonyl (C=O) groups is 1. The van der Waals surface area contributed by atoms with Crippen LogP contribution in [0.4, 0.5) is 5.13 Å². The number of carbonyl (C=O) groups excluding carboxylic acids is 1. The maximum absolute atomic E-state index is 11.8. The van der Waals surface area contributed by atoms with Gasteiger partial charge in [-0.1, -0.05) is 29.9 Å². The summed E-state index contributed by atoms with van der Waals surface area (Å²) < 4.78 is 28.5. The topological polar surface area (TPSA) is 98.3 Å². The molecule has 1 heterocycles. The Balaban J connectivity index is 1.93. The molecule has 0 aliphatic heterocycles. The lowest BCUT2D eigenvalue weighted by molar-refractivity contribution is -0.118. The number of nitrogens with one attached hydrogen (secondary N) is 1. The molecule has 0 unspecified atom stereocenters. The number of amides is 1. The quantitative estimate of drug-likeness (QED) is 0.778. The molecule has 0 saturated heterocycles. The van der Waals surface area contributed by atoms with E-state index in [4.69, 9.17) is 16.3 Å². The first-order valence-electron chi connectivity index (χ1n) is 6.57. The predicted molar refractivity (Wildman–Crippen MR) is 87.9 cm³/mol. The molecule has 0 aliphatic carbocycles. The largest absolute Gasteiger partial charge is 0.484 e. The lowest BCUT2D eigenvalue weighted by Crippen LogP contribution is -2.20. The average Bonchev–Trinajstić information content (AvgIpc) is 2.98. The minimum absolute atomic E-state index is 0.0748. The van der Waals surface area contributed by atoms with E-state index in [0.29, 0.717) is 10.8 Å². The summed E-state index contributed by atoms with van der Waals surface area (Å²) in [5.74, 6) is -0.0306. The Hall–Kier alpha value is -1.71. The molecule has 1 amide bonds. The highest BCUT2D eigenvalue weighted by molar-refractivity contribution is 7.93. The molecular formula is C13H14ClN3O4S2. The number of aryl methyl sites for hydroxylation is 1. The van der Waals surface area contributed by atoms with Crippen molar-refractivity contribution in [1.29, 1.82) is 0 Å². The van der Waals surface area contributed by atoms with Gasteiger partial charge in [-0.05, 0) is 30.7 Å². The van der Waals surface area contributed by atoms with Gasteiger partial charge in [0.05, 0.1) is 5.75 Å². The Bertz CT molecular complexity index is 820. The van der Waals surface area contributed by atoms with Crippen molar-refractivity contribution in [2.24, 2.45) is 0 Å². The van der Waals surface area contributed by atoms with E-state index in [9.17, 15) is 13.2 Å². The lowest BCUT2D eigenvalue weighted by atomic mass is 10.2. The van der Waals surface area contributed by atoms with Crippen molar-refractivity contribution >= 4 is 43.8 Å². The van der Waals surface area contributed by atoms with Crippen LogP contribution in [0.25, 0.3) is 0 Å². The fourth-order valence-electron chi connectivity index (χ4n) is 1.52. The van der Waals surface area contributed by atoms with Crippen LogP contribution >= 0.6 is 22.9 Å². The molecule has 0 bridgehead atoms. The highest BCUT2D eigenvalue weighted by Gasteiger charge is 2.18. The second kappa shape index (κ2) is 7.24. The van der Waals surface area contributed by atoms with Crippen LogP contribution in [0.3, 0.4) is 0 Å². The molecule has 0 aliphatic rings. The molecule has 2 rings (SSSR count). The standard InChI is InChI=1S/C13H14ClN3O4S2/c1-3-23(19,20)13-17-16-12(22-13)15-11(18)7-21-9-4-5-10(14)8(2)6-9/h4-6H,3,7H2,1-2H3,(H,15,16,18). The van der Waals surface area contributed by atoms with Crippen molar-refractivity contribution in [3.63, 3.8) is 0 Å². The third kappa shape index (κ3) is 4.63. The fraction of sp³-hybridized carbons (Fsp3) is 0.308. The summed E-state index contributed by atoms with van der Waals surface area (Å²) in [6.45, 7) is 3.10. The van der Waals surface area contributed by atoms with Gasteiger partial charge in [0.15, 0.2) is 6.61 Å². The molecule has 0 saturated carbocycles. The van der Waals surface area contributed by atoms with Gasteiger partial charge in [-0.3, -0.25) is 10.1 Å². The van der Waals surface area contributed by atoms with E-state index in [1.165, 1.54) is 6.92 Å². The van der Waals surface area contributed by atoms with E-state index >= 15 is 0 Å². The zero-order valence-electron chi connectivity index (χ0n) is 12.4. The number of ether oxygens (including phenoxy) is 1. The number of sulfone groups is 1. The molecule has 0 fully saturated rings. The van der Waals surface area contributed by atoms with Crippen LogP contribution < -0.4 is 10.1 Å². The third-order valence-corrected chi connectivity index (χ3v) is 6.24.